The average Bonchev–Trinajstić information content (AvgIpc) is 2.71. The van der Waals surface area contributed by atoms with E-state index in [1.807, 2.05) is 0 Å². The van der Waals surface area contributed by atoms with Gasteiger partial charge in [0.1, 0.15) is 4.88 Å². The van der Waals surface area contributed by atoms with Crippen LogP contribution < -0.4 is 0 Å². The SMILES string of the molecule is CS(=O)(=O)c1csc(C(=O)N2CCOCC2)c1Cl. The zero-order valence-electron chi connectivity index (χ0n) is 9.68. The molecule has 1 amide bonds. The number of halogens is 1. The number of amides is 1. The Kier molecular flexibility index (Phi) is 3.96. The largest absolute Gasteiger partial charge is 0.378 e. The molecule has 0 spiro atoms. The normalized spacial score (nSPS) is 16.9. The van der Waals surface area contributed by atoms with Crippen molar-refractivity contribution in [2.45, 2.75) is 4.90 Å². The van der Waals surface area contributed by atoms with E-state index < -0.39 is 9.84 Å². The fraction of sp³-hybridized carbons (Fsp3) is 0.500. The topological polar surface area (TPSA) is 63.7 Å². The highest BCUT2D eigenvalue weighted by atomic mass is 35.5. The first kappa shape index (κ1) is 13.8. The summed E-state index contributed by atoms with van der Waals surface area (Å²) in [4.78, 5) is 14.1. The molecule has 2 heterocycles. The Morgan fingerprint density at radius 3 is 2.56 bits per heavy atom. The first-order valence-electron chi connectivity index (χ1n) is 5.25. The van der Waals surface area contributed by atoms with E-state index >= 15 is 0 Å². The highest BCUT2D eigenvalue weighted by Gasteiger charge is 2.26. The minimum absolute atomic E-state index is 0.0192. The molecule has 0 aromatic carbocycles. The van der Waals surface area contributed by atoms with Gasteiger partial charge in [-0.15, -0.1) is 11.3 Å². The third kappa shape index (κ3) is 2.69. The van der Waals surface area contributed by atoms with Crippen molar-refractivity contribution >= 4 is 38.7 Å². The van der Waals surface area contributed by atoms with E-state index in [2.05, 4.69) is 0 Å². The summed E-state index contributed by atoms with van der Waals surface area (Å²) < 4.78 is 28.0. The average molecular weight is 310 g/mol. The van der Waals surface area contributed by atoms with Crippen molar-refractivity contribution in [3.05, 3.63) is 15.3 Å². The van der Waals surface area contributed by atoms with Gasteiger partial charge in [-0.2, -0.15) is 0 Å². The second-order valence-corrected chi connectivity index (χ2v) is 7.16. The molecule has 1 aliphatic rings. The van der Waals surface area contributed by atoms with Gasteiger partial charge in [0.05, 0.1) is 23.1 Å². The molecule has 1 saturated heterocycles. The van der Waals surface area contributed by atoms with Crippen LogP contribution in [0.3, 0.4) is 0 Å². The third-order valence-corrected chi connectivity index (χ3v) is 5.45. The van der Waals surface area contributed by atoms with Crippen molar-refractivity contribution in [1.29, 1.82) is 0 Å². The van der Waals surface area contributed by atoms with Gasteiger partial charge in [0.25, 0.3) is 5.91 Å². The summed E-state index contributed by atoms with van der Waals surface area (Å²) in [6.45, 7) is 1.99. The Labute approximate surface area is 114 Å². The van der Waals surface area contributed by atoms with E-state index in [9.17, 15) is 13.2 Å². The van der Waals surface area contributed by atoms with Crippen molar-refractivity contribution in [2.24, 2.45) is 0 Å². The molecule has 0 saturated carbocycles. The van der Waals surface area contributed by atoms with Crippen LogP contribution in [0.25, 0.3) is 0 Å². The van der Waals surface area contributed by atoms with Crippen molar-refractivity contribution in [3.63, 3.8) is 0 Å². The van der Waals surface area contributed by atoms with Crippen LogP contribution in [-0.4, -0.2) is 51.8 Å². The molecular formula is C10H12ClNO4S2. The highest BCUT2D eigenvalue weighted by molar-refractivity contribution is 7.91. The summed E-state index contributed by atoms with van der Waals surface area (Å²) in [6.07, 6.45) is 1.07. The van der Waals surface area contributed by atoms with E-state index in [1.54, 1.807) is 4.90 Å². The first-order valence-corrected chi connectivity index (χ1v) is 8.40. The number of carbonyl (C=O) groups is 1. The molecule has 2 rings (SSSR count). The number of thiophene rings is 1. The van der Waals surface area contributed by atoms with Gasteiger partial charge in [0, 0.05) is 24.7 Å². The van der Waals surface area contributed by atoms with Gasteiger partial charge in [-0.05, 0) is 0 Å². The minimum Gasteiger partial charge on any atom is -0.378 e. The van der Waals surface area contributed by atoms with E-state index in [0.717, 1.165) is 17.6 Å². The number of hydrogen-bond donors (Lipinski definition) is 0. The lowest BCUT2D eigenvalue weighted by atomic mass is 10.3. The summed E-state index contributed by atoms with van der Waals surface area (Å²) in [5, 5.41) is 1.43. The molecule has 0 unspecified atom stereocenters. The minimum atomic E-state index is -3.39. The number of rotatable bonds is 2. The van der Waals surface area contributed by atoms with Crippen LogP contribution in [0.2, 0.25) is 5.02 Å². The summed E-state index contributed by atoms with van der Waals surface area (Å²) in [5.74, 6) is -0.233. The maximum atomic E-state index is 12.2. The number of sulfone groups is 1. The number of nitrogens with zero attached hydrogens (tertiary/aromatic N) is 1. The Hall–Kier alpha value is -0.630. The van der Waals surface area contributed by atoms with E-state index in [-0.39, 0.29) is 20.7 Å². The van der Waals surface area contributed by atoms with Gasteiger partial charge < -0.3 is 9.64 Å². The fourth-order valence-electron chi connectivity index (χ4n) is 1.63. The number of carbonyl (C=O) groups excluding carboxylic acids is 1. The van der Waals surface area contributed by atoms with E-state index in [1.165, 1.54) is 5.38 Å². The number of hydrogen-bond acceptors (Lipinski definition) is 5. The molecule has 1 aromatic rings. The van der Waals surface area contributed by atoms with Crippen molar-refractivity contribution in [1.82, 2.24) is 4.90 Å². The van der Waals surface area contributed by atoms with Gasteiger partial charge in [0.15, 0.2) is 9.84 Å². The molecule has 0 bridgehead atoms. The predicted molar refractivity (Wildman–Crippen MR) is 69.2 cm³/mol. The summed E-state index contributed by atoms with van der Waals surface area (Å²) in [6, 6.07) is 0. The van der Waals surface area contributed by atoms with Crippen LogP contribution in [0.4, 0.5) is 0 Å². The van der Waals surface area contributed by atoms with Gasteiger partial charge in [-0.3, -0.25) is 4.79 Å². The zero-order valence-corrected chi connectivity index (χ0v) is 12.1. The maximum absolute atomic E-state index is 12.2. The van der Waals surface area contributed by atoms with E-state index in [4.69, 9.17) is 16.3 Å². The first-order chi connectivity index (χ1) is 8.41. The Bertz CT molecular complexity index is 560. The Balaban J connectivity index is 2.29. The molecule has 0 aliphatic carbocycles. The van der Waals surface area contributed by atoms with Crippen LogP contribution in [0.1, 0.15) is 9.67 Å². The molecular weight excluding hydrogens is 298 g/mol. The second kappa shape index (κ2) is 5.16. The smallest absolute Gasteiger partial charge is 0.265 e. The Morgan fingerprint density at radius 1 is 1.44 bits per heavy atom. The van der Waals surface area contributed by atoms with Gasteiger partial charge in [-0.1, -0.05) is 11.6 Å². The highest BCUT2D eigenvalue weighted by Crippen LogP contribution is 2.32. The lowest BCUT2D eigenvalue weighted by Gasteiger charge is -2.26. The van der Waals surface area contributed by atoms with Crippen LogP contribution in [0, 0.1) is 0 Å². The molecule has 5 nitrogen and oxygen atoms in total. The monoisotopic (exact) mass is 309 g/mol. The summed E-state index contributed by atoms with van der Waals surface area (Å²) in [5.41, 5.74) is 0. The molecule has 0 atom stereocenters. The van der Waals surface area contributed by atoms with Crippen LogP contribution in [-0.2, 0) is 14.6 Å². The molecule has 0 radical (unpaired) electrons. The van der Waals surface area contributed by atoms with Gasteiger partial charge in [-0.25, -0.2) is 8.42 Å². The second-order valence-electron chi connectivity index (χ2n) is 3.92. The summed E-state index contributed by atoms with van der Waals surface area (Å²) in [7, 11) is -3.39. The van der Waals surface area contributed by atoms with Crippen molar-refractivity contribution in [3.8, 4) is 0 Å². The molecule has 1 aromatic heterocycles. The van der Waals surface area contributed by atoms with E-state index in [0.29, 0.717) is 26.3 Å². The zero-order chi connectivity index (χ0) is 13.3. The molecule has 1 fully saturated rings. The maximum Gasteiger partial charge on any atom is 0.265 e. The fourth-order valence-corrected chi connectivity index (χ4v) is 4.51. The molecule has 1 aliphatic heterocycles. The predicted octanol–water partition coefficient (Wildman–Crippen LogP) is 1.28. The number of ether oxygens (including phenoxy) is 1. The summed E-state index contributed by atoms with van der Waals surface area (Å²) >= 11 is 7.04. The standard InChI is InChI=1S/C10H12ClNO4S2/c1-18(14,15)7-6-17-9(8(7)11)10(13)12-2-4-16-5-3-12/h6H,2-5H2,1H3. The molecule has 18 heavy (non-hydrogen) atoms. The quantitative estimate of drug-likeness (QED) is 0.825. The lowest BCUT2D eigenvalue weighted by Crippen LogP contribution is -2.40. The van der Waals surface area contributed by atoms with Crippen molar-refractivity contribution in [2.75, 3.05) is 32.6 Å². The van der Waals surface area contributed by atoms with Crippen molar-refractivity contribution < 1.29 is 17.9 Å². The van der Waals surface area contributed by atoms with Crippen LogP contribution >= 0.6 is 22.9 Å². The molecule has 100 valence electrons. The van der Waals surface area contributed by atoms with Crippen LogP contribution in [0.5, 0.6) is 0 Å². The Morgan fingerprint density at radius 2 is 2.06 bits per heavy atom. The number of morpholine rings is 1. The molecule has 0 N–H and O–H groups in total. The third-order valence-electron chi connectivity index (χ3n) is 2.59. The van der Waals surface area contributed by atoms with Crippen LogP contribution in [0.15, 0.2) is 10.3 Å². The van der Waals surface area contributed by atoms with Gasteiger partial charge in [0.2, 0.25) is 0 Å². The lowest BCUT2D eigenvalue weighted by molar-refractivity contribution is 0.0306. The molecule has 8 heteroatoms. The van der Waals surface area contributed by atoms with Gasteiger partial charge >= 0.3 is 0 Å².